The molecule has 0 bridgehead atoms. The summed E-state index contributed by atoms with van der Waals surface area (Å²) in [6, 6.07) is 5.74. The van der Waals surface area contributed by atoms with Crippen molar-refractivity contribution in [3.63, 3.8) is 0 Å². The summed E-state index contributed by atoms with van der Waals surface area (Å²) in [7, 11) is 0. The maximum atomic E-state index is 13.7. The lowest BCUT2D eigenvalue weighted by Gasteiger charge is -2.19. The molecule has 0 unspecified atom stereocenters. The van der Waals surface area contributed by atoms with Gasteiger partial charge in [0.2, 0.25) is 5.91 Å². The van der Waals surface area contributed by atoms with Crippen molar-refractivity contribution in [3.05, 3.63) is 70.8 Å². The van der Waals surface area contributed by atoms with Gasteiger partial charge in [-0.3, -0.25) is 9.59 Å². The van der Waals surface area contributed by atoms with Crippen LogP contribution in [0, 0.1) is 11.6 Å². The highest BCUT2D eigenvalue weighted by Crippen LogP contribution is 2.32. The molecule has 138 valence electrons. The monoisotopic (exact) mass is 372 g/mol. The second-order valence-corrected chi connectivity index (χ2v) is 5.39. The van der Waals surface area contributed by atoms with Crippen molar-refractivity contribution in [2.75, 3.05) is 0 Å². The lowest BCUT2D eigenvalue weighted by molar-refractivity contribution is -0.138. The highest BCUT2D eigenvalue weighted by atomic mass is 19.4. The predicted molar refractivity (Wildman–Crippen MR) is 82.0 cm³/mol. The van der Waals surface area contributed by atoms with E-state index >= 15 is 0 Å². The maximum Gasteiger partial charge on any atom is 0.416 e. The number of nitrogens with one attached hydrogen (secondary N) is 1. The summed E-state index contributed by atoms with van der Waals surface area (Å²) in [4.78, 5) is 23.6. The van der Waals surface area contributed by atoms with Crippen molar-refractivity contribution in [1.29, 1.82) is 0 Å². The number of nitrogens with two attached hydrogens (primary N) is 1. The van der Waals surface area contributed by atoms with Gasteiger partial charge in [0, 0.05) is 6.42 Å². The minimum atomic E-state index is -4.67. The Kier molecular flexibility index (Phi) is 5.59. The lowest BCUT2D eigenvalue weighted by Crippen LogP contribution is -2.46. The van der Waals surface area contributed by atoms with Crippen LogP contribution in [-0.4, -0.2) is 17.9 Å². The fraction of sp³-hybridized carbons (Fsp3) is 0.176. The van der Waals surface area contributed by atoms with E-state index < -0.39 is 53.2 Å². The van der Waals surface area contributed by atoms with E-state index in [9.17, 15) is 31.5 Å². The largest absolute Gasteiger partial charge is 0.416 e. The van der Waals surface area contributed by atoms with E-state index in [-0.39, 0.29) is 5.56 Å². The zero-order chi connectivity index (χ0) is 19.5. The third-order valence-corrected chi connectivity index (χ3v) is 3.59. The molecule has 2 aromatic rings. The molecule has 0 heterocycles. The molecular formula is C17H13F5N2O2. The van der Waals surface area contributed by atoms with Gasteiger partial charge in [0.15, 0.2) is 11.6 Å². The number of carbonyl (C=O) groups is 2. The third-order valence-electron chi connectivity index (χ3n) is 3.59. The van der Waals surface area contributed by atoms with Crippen molar-refractivity contribution in [2.45, 2.75) is 18.6 Å². The molecule has 4 nitrogen and oxygen atoms in total. The Morgan fingerprint density at radius 1 is 1.04 bits per heavy atom. The van der Waals surface area contributed by atoms with Crippen LogP contribution < -0.4 is 11.1 Å². The molecule has 26 heavy (non-hydrogen) atoms. The molecule has 0 fully saturated rings. The first-order valence-electron chi connectivity index (χ1n) is 7.30. The van der Waals surface area contributed by atoms with Gasteiger partial charge < -0.3 is 11.1 Å². The number of carbonyl (C=O) groups excluding carboxylic acids is 2. The van der Waals surface area contributed by atoms with Crippen molar-refractivity contribution >= 4 is 11.8 Å². The van der Waals surface area contributed by atoms with Crippen LogP contribution in [0.4, 0.5) is 22.0 Å². The summed E-state index contributed by atoms with van der Waals surface area (Å²) in [5.41, 5.74) is 3.18. The number of hydrogen-bond acceptors (Lipinski definition) is 2. The van der Waals surface area contributed by atoms with Gasteiger partial charge in [0.1, 0.15) is 6.04 Å². The van der Waals surface area contributed by atoms with Crippen LogP contribution in [0.3, 0.4) is 0 Å². The maximum absolute atomic E-state index is 13.7. The van der Waals surface area contributed by atoms with Crippen LogP contribution in [0.25, 0.3) is 0 Å². The molecule has 0 saturated carbocycles. The quantitative estimate of drug-likeness (QED) is 0.793. The summed E-state index contributed by atoms with van der Waals surface area (Å²) in [6.45, 7) is 0. The smallest absolute Gasteiger partial charge is 0.368 e. The SMILES string of the molecule is NC(=O)[C@H](Cc1ccccc1C(F)(F)F)NC(=O)c1cccc(F)c1F. The summed E-state index contributed by atoms with van der Waals surface area (Å²) in [5, 5.41) is 2.04. The van der Waals surface area contributed by atoms with Crippen LogP contribution in [0.2, 0.25) is 0 Å². The Morgan fingerprint density at radius 2 is 1.69 bits per heavy atom. The molecule has 0 spiro atoms. The Bertz CT molecular complexity index is 836. The van der Waals surface area contributed by atoms with Crippen molar-refractivity contribution in [2.24, 2.45) is 5.73 Å². The molecule has 3 N–H and O–H groups in total. The second-order valence-electron chi connectivity index (χ2n) is 5.39. The van der Waals surface area contributed by atoms with Gasteiger partial charge >= 0.3 is 6.18 Å². The molecule has 0 aliphatic carbocycles. The van der Waals surface area contributed by atoms with Crippen molar-refractivity contribution in [1.82, 2.24) is 5.32 Å². The summed E-state index contributed by atoms with van der Waals surface area (Å²) in [6.07, 6.45) is -5.23. The second kappa shape index (κ2) is 7.51. The first-order valence-corrected chi connectivity index (χ1v) is 7.30. The number of amides is 2. The minimum absolute atomic E-state index is 0.274. The first-order chi connectivity index (χ1) is 12.1. The molecule has 2 amide bonds. The average molecular weight is 372 g/mol. The summed E-state index contributed by atoms with van der Waals surface area (Å²) in [5.74, 6) is -5.01. The number of primary amides is 1. The predicted octanol–water partition coefficient (Wildman–Crippen LogP) is 2.81. The van der Waals surface area contributed by atoms with E-state index in [1.165, 1.54) is 12.1 Å². The number of halogens is 5. The lowest BCUT2D eigenvalue weighted by atomic mass is 9.99. The molecular weight excluding hydrogens is 359 g/mol. The Hall–Kier alpha value is -2.97. The molecule has 1 atom stereocenters. The normalized spacial score (nSPS) is 12.5. The topological polar surface area (TPSA) is 72.2 Å². The van der Waals surface area contributed by atoms with Crippen LogP contribution in [-0.2, 0) is 17.4 Å². The van der Waals surface area contributed by atoms with Crippen LogP contribution >= 0.6 is 0 Å². The van der Waals surface area contributed by atoms with Crippen LogP contribution in [0.5, 0.6) is 0 Å². The van der Waals surface area contributed by atoms with E-state index in [2.05, 4.69) is 0 Å². The zero-order valence-electron chi connectivity index (χ0n) is 13.1. The molecule has 2 rings (SSSR count). The number of rotatable bonds is 5. The van der Waals surface area contributed by atoms with Crippen LogP contribution in [0.1, 0.15) is 21.5 Å². The van der Waals surface area contributed by atoms with Crippen LogP contribution in [0.15, 0.2) is 42.5 Å². The highest BCUT2D eigenvalue weighted by molar-refractivity contribution is 5.97. The Morgan fingerprint density at radius 3 is 2.31 bits per heavy atom. The first kappa shape index (κ1) is 19.4. The number of hydrogen-bond donors (Lipinski definition) is 2. The van der Waals surface area contributed by atoms with E-state index in [0.29, 0.717) is 0 Å². The molecule has 0 aliphatic heterocycles. The molecule has 0 aromatic heterocycles. The standard InChI is InChI=1S/C17H13F5N2O2/c18-12-7-3-5-10(14(12)19)16(26)24-13(15(23)25)8-9-4-1-2-6-11(9)17(20,21)22/h1-7,13H,8H2,(H2,23,25)(H,24,26)/t13-/m0/s1. The molecule has 0 aliphatic rings. The van der Waals surface area contributed by atoms with Gasteiger partial charge in [-0.05, 0) is 23.8 Å². The van der Waals surface area contributed by atoms with Gasteiger partial charge in [-0.15, -0.1) is 0 Å². The van der Waals surface area contributed by atoms with Crippen molar-refractivity contribution in [3.8, 4) is 0 Å². The fourth-order valence-corrected chi connectivity index (χ4v) is 2.33. The van der Waals surface area contributed by atoms with Gasteiger partial charge in [-0.25, -0.2) is 8.78 Å². The average Bonchev–Trinajstić information content (AvgIpc) is 2.56. The van der Waals surface area contributed by atoms with E-state index in [1.54, 1.807) is 0 Å². The third kappa shape index (κ3) is 4.35. The van der Waals surface area contributed by atoms with Gasteiger partial charge in [-0.2, -0.15) is 13.2 Å². The Labute approximate surface area is 144 Å². The van der Waals surface area contributed by atoms with E-state index in [0.717, 1.165) is 30.3 Å². The number of alkyl halides is 3. The molecule has 9 heteroatoms. The van der Waals surface area contributed by atoms with Gasteiger partial charge in [0.05, 0.1) is 11.1 Å². The van der Waals surface area contributed by atoms with E-state index in [4.69, 9.17) is 5.73 Å². The number of benzene rings is 2. The highest BCUT2D eigenvalue weighted by Gasteiger charge is 2.34. The van der Waals surface area contributed by atoms with Gasteiger partial charge in [-0.1, -0.05) is 24.3 Å². The molecule has 0 radical (unpaired) electrons. The Balaban J connectivity index is 2.27. The molecule has 0 saturated heterocycles. The summed E-state index contributed by atoms with van der Waals surface area (Å²) < 4.78 is 65.9. The van der Waals surface area contributed by atoms with E-state index in [1.807, 2.05) is 5.32 Å². The minimum Gasteiger partial charge on any atom is -0.368 e. The van der Waals surface area contributed by atoms with Gasteiger partial charge in [0.25, 0.3) is 5.91 Å². The molecule has 2 aromatic carbocycles. The summed E-state index contributed by atoms with van der Waals surface area (Å²) >= 11 is 0. The zero-order valence-corrected chi connectivity index (χ0v) is 13.1. The van der Waals surface area contributed by atoms with Crippen molar-refractivity contribution < 1.29 is 31.5 Å². The fourth-order valence-electron chi connectivity index (χ4n) is 2.33.